The monoisotopic (exact) mass is 487 g/mol. The highest BCUT2D eigenvalue weighted by atomic mass is 16.5. The molecule has 35 heavy (non-hydrogen) atoms. The van der Waals surface area contributed by atoms with E-state index in [1.54, 1.807) is 11.6 Å². The van der Waals surface area contributed by atoms with Crippen LogP contribution >= 0.6 is 0 Å². The molecule has 2 rings (SSSR count). The maximum absolute atomic E-state index is 13.6. The maximum Gasteiger partial charge on any atom is 0.270 e. The maximum atomic E-state index is 13.6. The lowest BCUT2D eigenvalue weighted by Gasteiger charge is -2.41. The van der Waals surface area contributed by atoms with Crippen LogP contribution < -0.4 is 5.48 Å². The second-order valence-corrected chi connectivity index (χ2v) is 9.88. The molecule has 0 unspecified atom stereocenters. The second kappa shape index (κ2) is 14.6. The third-order valence-electron chi connectivity index (χ3n) is 5.88. The van der Waals surface area contributed by atoms with Crippen LogP contribution in [-0.2, 0) is 19.1 Å². The molecule has 0 aliphatic carbocycles. The van der Waals surface area contributed by atoms with Crippen molar-refractivity contribution in [1.29, 1.82) is 0 Å². The molecule has 0 aromatic heterocycles. The van der Waals surface area contributed by atoms with Crippen molar-refractivity contribution in [3.05, 3.63) is 42.0 Å². The Morgan fingerprint density at radius 2 is 1.83 bits per heavy atom. The second-order valence-electron chi connectivity index (χ2n) is 9.88. The van der Waals surface area contributed by atoms with E-state index >= 15 is 0 Å². The van der Waals surface area contributed by atoms with Gasteiger partial charge in [-0.3, -0.25) is 19.6 Å². The first-order chi connectivity index (χ1) is 16.7. The first-order valence-electron chi connectivity index (χ1n) is 12.6. The van der Waals surface area contributed by atoms with Crippen LogP contribution in [0.2, 0.25) is 0 Å². The van der Waals surface area contributed by atoms with Crippen molar-refractivity contribution >= 4 is 23.8 Å². The predicted octanol–water partition coefficient (Wildman–Crippen LogP) is 4.20. The van der Waals surface area contributed by atoms with Gasteiger partial charge in [-0.05, 0) is 49.5 Å². The molecule has 1 aromatic rings. The van der Waals surface area contributed by atoms with E-state index in [1.807, 2.05) is 64.1 Å². The first kappa shape index (κ1) is 28.5. The van der Waals surface area contributed by atoms with Crippen LogP contribution in [0.1, 0.15) is 71.8 Å². The van der Waals surface area contributed by atoms with Crippen molar-refractivity contribution in [2.45, 2.75) is 78.4 Å². The minimum atomic E-state index is -1.09. The Bertz CT molecular complexity index is 834. The lowest BCUT2D eigenvalue weighted by atomic mass is 10.0. The molecule has 1 aliphatic heterocycles. The molecule has 1 aliphatic rings. The molecular formula is C27H41N3O5. The number of hydroxylamine groups is 1. The molecule has 8 nitrogen and oxygen atoms in total. The summed E-state index contributed by atoms with van der Waals surface area (Å²) in [4.78, 5) is 40.1. The summed E-state index contributed by atoms with van der Waals surface area (Å²) in [5, 5.41) is 12.2. The number of hydrogen-bond acceptors (Lipinski definition) is 5. The number of benzene rings is 1. The fourth-order valence-electron chi connectivity index (χ4n) is 4.02. The molecule has 1 fully saturated rings. The van der Waals surface area contributed by atoms with E-state index in [4.69, 9.17) is 4.74 Å². The zero-order chi connectivity index (χ0) is 25.8. The third kappa shape index (κ3) is 9.11. The van der Waals surface area contributed by atoms with Crippen molar-refractivity contribution in [3.8, 4) is 0 Å². The van der Waals surface area contributed by atoms with Gasteiger partial charge in [-0.2, -0.15) is 0 Å². The molecule has 1 heterocycles. The Hall–Kier alpha value is -2.71. The summed E-state index contributed by atoms with van der Waals surface area (Å²) >= 11 is 0. The van der Waals surface area contributed by atoms with Gasteiger partial charge in [0, 0.05) is 19.6 Å². The summed E-state index contributed by atoms with van der Waals surface area (Å²) in [5.41, 5.74) is 2.65. The number of rotatable bonds is 11. The largest absolute Gasteiger partial charge is 0.368 e. The molecule has 0 bridgehead atoms. The van der Waals surface area contributed by atoms with Gasteiger partial charge in [0.2, 0.25) is 5.91 Å². The average Bonchev–Trinajstić information content (AvgIpc) is 2.86. The molecule has 1 saturated heterocycles. The van der Waals surface area contributed by atoms with Gasteiger partial charge in [-0.25, -0.2) is 15.5 Å². The van der Waals surface area contributed by atoms with Crippen LogP contribution in [0.4, 0.5) is 0 Å². The van der Waals surface area contributed by atoms with Gasteiger partial charge in [-0.1, -0.05) is 70.2 Å². The molecule has 0 spiro atoms. The fraction of sp³-hybridized carbons (Fsp3) is 0.593. The molecule has 0 radical (unpaired) electrons. The van der Waals surface area contributed by atoms with Gasteiger partial charge >= 0.3 is 0 Å². The zero-order valence-corrected chi connectivity index (χ0v) is 21.5. The Morgan fingerprint density at radius 1 is 1.11 bits per heavy atom. The number of nitrogens with zero attached hydrogens (tertiary/aromatic N) is 2. The Kier molecular flexibility index (Phi) is 11.9. The van der Waals surface area contributed by atoms with Crippen LogP contribution in [0.15, 0.2) is 36.4 Å². The van der Waals surface area contributed by atoms with Gasteiger partial charge in [0.15, 0.2) is 0 Å². The lowest BCUT2D eigenvalue weighted by Crippen LogP contribution is -2.61. The summed E-state index contributed by atoms with van der Waals surface area (Å²) in [6.07, 6.45) is 6.25. The van der Waals surface area contributed by atoms with Crippen LogP contribution in [0.3, 0.4) is 0 Å². The van der Waals surface area contributed by atoms with Gasteiger partial charge in [0.05, 0.1) is 0 Å². The first-order valence-corrected chi connectivity index (χ1v) is 12.6. The molecule has 2 atom stereocenters. The van der Waals surface area contributed by atoms with Crippen molar-refractivity contribution in [2.24, 2.45) is 11.8 Å². The summed E-state index contributed by atoms with van der Waals surface area (Å²) in [6, 6.07) is 8.50. The highest BCUT2D eigenvalue weighted by molar-refractivity contribution is 5.90. The van der Waals surface area contributed by atoms with Crippen molar-refractivity contribution < 1.29 is 24.3 Å². The SMILES string of the molecule is CC(C)CCC(=O)N([C@@H](CC=Cc1ccccc1)C(=O)NO)N(CC(C)C)C(=O)[C@H]1CCCCO1. The Balaban J connectivity index is 2.43. The van der Waals surface area contributed by atoms with E-state index in [-0.39, 0.29) is 43.0 Å². The lowest BCUT2D eigenvalue weighted by molar-refractivity contribution is -0.183. The van der Waals surface area contributed by atoms with E-state index in [0.717, 1.165) is 18.4 Å². The third-order valence-corrected chi connectivity index (χ3v) is 5.88. The van der Waals surface area contributed by atoms with E-state index < -0.39 is 18.1 Å². The molecule has 8 heteroatoms. The molecule has 194 valence electrons. The fourth-order valence-corrected chi connectivity index (χ4v) is 4.02. The normalized spacial score (nSPS) is 16.9. The quantitative estimate of drug-likeness (QED) is 0.360. The molecular weight excluding hydrogens is 446 g/mol. The van der Waals surface area contributed by atoms with E-state index in [2.05, 4.69) is 0 Å². The topological polar surface area (TPSA) is 99.2 Å². The van der Waals surface area contributed by atoms with Gasteiger partial charge in [0.25, 0.3) is 11.8 Å². The zero-order valence-electron chi connectivity index (χ0n) is 21.5. The van der Waals surface area contributed by atoms with Gasteiger partial charge in [0.1, 0.15) is 12.1 Å². The standard InChI is InChI=1S/C27H41N3O5/c1-20(2)16-17-25(31)30(29(19-21(3)4)27(33)24-15-8-9-18-35-24)23(26(32)28-34)14-10-13-22-11-6-5-7-12-22/h5-7,10-13,20-21,23-24,34H,8-9,14-19H2,1-4H3,(H,28,32)/t23-,24+/m0/s1. The number of hydrogen-bond donors (Lipinski definition) is 2. The van der Waals surface area contributed by atoms with Crippen molar-refractivity contribution in [1.82, 2.24) is 15.5 Å². The highest BCUT2D eigenvalue weighted by Crippen LogP contribution is 2.22. The molecule has 2 N–H and O–H groups in total. The summed E-state index contributed by atoms with van der Waals surface area (Å²) in [5.74, 6) is -1.07. The number of ether oxygens (including phenoxy) is 1. The predicted molar refractivity (Wildman–Crippen MR) is 135 cm³/mol. The Morgan fingerprint density at radius 3 is 2.40 bits per heavy atom. The molecule has 0 saturated carbocycles. The van der Waals surface area contributed by atoms with Crippen LogP contribution in [-0.4, -0.2) is 58.2 Å². The summed E-state index contributed by atoms with van der Waals surface area (Å²) in [6.45, 7) is 8.69. The summed E-state index contributed by atoms with van der Waals surface area (Å²) < 4.78 is 5.74. The van der Waals surface area contributed by atoms with Crippen LogP contribution in [0.25, 0.3) is 6.08 Å². The smallest absolute Gasteiger partial charge is 0.270 e. The number of hydrazine groups is 1. The van der Waals surface area contributed by atoms with Gasteiger partial charge < -0.3 is 4.74 Å². The van der Waals surface area contributed by atoms with Crippen LogP contribution in [0, 0.1) is 11.8 Å². The minimum Gasteiger partial charge on any atom is -0.368 e. The number of nitrogens with one attached hydrogen (secondary N) is 1. The van der Waals surface area contributed by atoms with E-state index in [1.165, 1.54) is 10.0 Å². The average molecular weight is 488 g/mol. The van der Waals surface area contributed by atoms with E-state index in [9.17, 15) is 19.6 Å². The van der Waals surface area contributed by atoms with Crippen molar-refractivity contribution in [3.63, 3.8) is 0 Å². The molecule has 3 amide bonds. The van der Waals surface area contributed by atoms with Crippen molar-refractivity contribution in [2.75, 3.05) is 13.2 Å². The molecule has 1 aromatic carbocycles. The van der Waals surface area contributed by atoms with E-state index in [0.29, 0.717) is 19.4 Å². The number of carbonyl (C=O) groups excluding carboxylic acids is 3. The number of amides is 3. The summed E-state index contributed by atoms with van der Waals surface area (Å²) in [7, 11) is 0. The van der Waals surface area contributed by atoms with Gasteiger partial charge in [-0.15, -0.1) is 0 Å². The Labute approximate surface area is 209 Å². The minimum absolute atomic E-state index is 0.0423. The number of carbonyl (C=O) groups is 3. The van der Waals surface area contributed by atoms with Crippen LogP contribution in [0.5, 0.6) is 0 Å². The highest BCUT2D eigenvalue weighted by Gasteiger charge is 2.39.